The van der Waals surface area contributed by atoms with Crippen LogP contribution in [0.2, 0.25) is 0 Å². The zero-order chi connectivity index (χ0) is 15.0. The fourth-order valence-electron chi connectivity index (χ4n) is 2.09. The summed E-state index contributed by atoms with van der Waals surface area (Å²) in [6.07, 6.45) is 3.01. The lowest BCUT2D eigenvalue weighted by Gasteiger charge is -2.04. The van der Waals surface area contributed by atoms with E-state index in [1.165, 1.54) is 36.0 Å². The van der Waals surface area contributed by atoms with Crippen molar-refractivity contribution in [3.63, 3.8) is 0 Å². The van der Waals surface area contributed by atoms with Crippen LogP contribution in [-0.2, 0) is 0 Å². The molecule has 0 amide bonds. The van der Waals surface area contributed by atoms with E-state index in [2.05, 4.69) is 10.1 Å². The van der Waals surface area contributed by atoms with Crippen molar-refractivity contribution in [2.24, 2.45) is 0 Å². The van der Waals surface area contributed by atoms with Gasteiger partial charge >= 0.3 is 5.97 Å². The van der Waals surface area contributed by atoms with Crippen molar-refractivity contribution in [3.8, 4) is 17.0 Å². The zero-order valence-electron chi connectivity index (χ0n) is 10.9. The summed E-state index contributed by atoms with van der Waals surface area (Å²) in [5.41, 5.74) is 0.0693. The molecule has 3 aromatic rings. The molecule has 0 spiro atoms. The summed E-state index contributed by atoms with van der Waals surface area (Å²) >= 11 is 0. The van der Waals surface area contributed by atoms with E-state index in [-0.39, 0.29) is 22.5 Å². The molecule has 0 aliphatic rings. The van der Waals surface area contributed by atoms with Crippen LogP contribution >= 0.6 is 0 Å². The predicted molar refractivity (Wildman–Crippen MR) is 71.9 cm³/mol. The Hall–Kier alpha value is -2.96. The van der Waals surface area contributed by atoms with Crippen molar-refractivity contribution < 1.29 is 19.0 Å². The van der Waals surface area contributed by atoms with Gasteiger partial charge in [-0.2, -0.15) is 5.10 Å². The number of aromatic carboxylic acids is 1. The van der Waals surface area contributed by atoms with Crippen molar-refractivity contribution >= 4 is 11.6 Å². The second kappa shape index (κ2) is 4.86. The van der Waals surface area contributed by atoms with Crippen LogP contribution in [0.5, 0.6) is 5.75 Å². The highest BCUT2D eigenvalue weighted by Gasteiger charge is 2.23. The standard InChI is InChI=1S/C14H10FN3O3/c1-21-8-3-4-10(15)9(7-8)12-11(14(19)20)13-16-5-2-6-18(13)17-12/h2-7H,1H3,(H,19,20). The lowest BCUT2D eigenvalue weighted by atomic mass is 10.1. The van der Waals surface area contributed by atoms with E-state index in [1.54, 1.807) is 12.3 Å². The third-order valence-corrected chi connectivity index (χ3v) is 3.04. The van der Waals surface area contributed by atoms with Crippen LogP contribution in [0.3, 0.4) is 0 Å². The molecule has 0 aliphatic carbocycles. The van der Waals surface area contributed by atoms with Gasteiger partial charge in [-0.25, -0.2) is 18.7 Å². The molecule has 0 unspecified atom stereocenters. The summed E-state index contributed by atoms with van der Waals surface area (Å²) in [5.74, 6) is -1.39. The van der Waals surface area contributed by atoms with E-state index >= 15 is 0 Å². The van der Waals surface area contributed by atoms with Crippen LogP contribution in [0.4, 0.5) is 4.39 Å². The lowest BCUT2D eigenvalue weighted by molar-refractivity contribution is 0.0699. The Balaban J connectivity index is 2.34. The lowest BCUT2D eigenvalue weighted by Crippen LogP contribution is -2.00. The molecule has 106 valence electrons. The number of hydrogen-bond acceptors (Lipinski definition) is 4. The second-order valence-corrected chi connectivity index (χ2v) is 4.26. The number of carbonyl (C=O) groups is 1. The molecule has 2 aromatic heterocycles. The highest BCUT2D eigenvalue weighted by molar-refractivity contribution is 6.01. The topological polar surface area (TPSA) is 76.7 Å². The highest BCUT2D eigenvalue weighted by Crippen LogP contribution is 2.30. The third kappa shape index (κ3) is 2.08. The van der Waals surface area contributed by atoms with Crippen LogP contribution in [-0.4, -0.2) is 32.8 Å². The molecule has 0 atom stereocenters. The fraction of sp³-hybridized carbons (Fsp3) is 0.0714. The fourth-order valence-corrected chi connectivity index (χ4v) is 2.09. The van der Waals surface area contributed by atoms with Gasteiger partial charge in [-0.15, -0.1) is 0 Å². The molecular weight excluding hydrogens is 277 g/mol. The van der Waals surface area contributed by atoms with E-state index in [0.717, 1.165) is 0 Å². The average Bonchev–Trinajstić information content (AvgIpc) is 2.87. The molecule has 0 bridgehead atoms. The van der Waals surface area contributed by atoms with Gasteiger partial charge in [0.05, 0.1) is 7.11 Å². The number of nitrogens with zero attached hydrogens (tertiary/aromatic N) is 3. The Morgan fingerprint density at radius 2 is 2.24 bits per heavy atom. The maximum absolute atomic E-state index is 14.0. The van der Waals surface area contributed by atoms with Crippen LogP contribution < -0.4 is 4.74 Å². The molecule has 7 heteroatoms. The number of rotatable bonds is 3. The average molecular weight is 287 g/mol. The Morgan fingerprint density at radius 1 is 1.43 bits per heavy atom. The summed E-state index contributed by atoms with van der Waals surface area (Å²) < 4.78 is 20.4. The number of fused-ring (bicyclic) bond motifs is 1. The Labute approximate surface area is 118 Å². The van der Waals surface area contributed by atoms with Gasteiger partial charge in [-0.05, 0) is 24.3 Å². The molecule has 0 radical (unpaired) electrons. The van der Waals surface area contributed by atoms with Crippen LogP contribution in [0.15, 0.2) is 36.7 Å². The zero-order valence-corrected chi connectivity index (χ0v) is 10.9. The van der Waals surface area contributed by atoms with Gasteiger partial charge in [0.1, 0.15) is 22.8 Å². The van der Waals surface area contributed by atoms with E-state index in [9.17, 15) is 14.3 Å². The molecule has 21 heavy (non-hydrogen) atoms. The Bertz CT molecular complexity index is 845. The first kappa shape index (κ1) is 13.0. The first-order valence-corrected chi connectivity index (χ1v) is 6.02. The van der Waals surface area contributed by atoms with Gasteiger partial charge < -0.3 is 9.84 Å². The van der Waals surface area contributed by atoms with E-state index in [0.29, 0.717) is 5.75 Å². The SMILES string of the molecule is COc1ccc(F)c(-c2nn3cccnc3c2C(=O)O)c1. The minimum atomic E-state index is -1.22. The summed E-state index contributed by atoms with van der Waals surface area (Å²) in [7, 11) is 1.44. The number of carboxylic acid groups (broad SMARTS) is 1. The van der Waals surface area contributed by atoms with E-state index < -0.39 is 11.8 Å². The van der Waals surface area contributed by atoms with Gasteiger partial charge in [0.2, 0.25) is 0 Å². The minimum Gasteiger partial charge on any atom is -0.497 e. The number of halogens is 1. The summed E-state index contributed by atoms with van der Waals surface area (Å²) in [6, 6.07) is 5.67. The summed E-state index contributed by atoms with van der Waals surface area (Å²) in [4.78, 5) is 15.5. The Kier molecular flexibility index (Phi) is 3.02. The highest BCUT2D eigenvalue weighted by atomic mass is 19.1. The summed E-state index contributed by atoms with van der Waals surface area (Å²) in [6.45, 7) is 0. The molecule has 0 saturated heterocycles. The molecule has 0 aliphatic heterocycles. The molecular formula is C14H10FN3O3. The smallest absolute Gasteiger partial charge is 0.341 e. The number of hydrogen-bond donors (Lipinski definition) is 1. The van der Waals surface area contributed by atoms with Crippen molar-refractivity contribution in [3.05, 3.63) is 48.0 Å². The molecule has 3 rings (SSSR count). The number of carboxylic acids is 1. The molecule has 2 heterocycles. The van der Waals surface area contributed by atoms with Crippen molar-refractivity contribution in [2.45, 2.75) is 0 Å². The molecule has 0 fully saturated rings. The first-order chi connectivity index (χ1) is 10.1. The molecule has 1 N–H and O–H groups in total. The largest absolute Gasteiger partial charge is 0.497 e. The monoisotopic (exact) mass is 287 g/mol. The first-order valence-electron chi connectivity index (χ1n) is 6.02. The minimum absolute atomic E-state index is 0.0117. The number of aromatic nitrogens is 3. The van der Waals surface area contributed by atoms with E-state index in [4.69, 9.17) is 4.74 Å². The molecule has 6 nitrogen and oxygen atoms in total. The van der Waals surface area contributed by atoms with Crippen LogP contribution in [0.1, 0.15) is 10.4 Å². The normalized spacial score (nSPS) is 10.8. The predicted octanol–water partition coefficient (Wildman–Crippen LogP) is 2.24. The van der Waals surface area contributed by atoms with E-state index in [1.807, 2.05) is 0 Å². The second-order valence-electron chi connectivity index (χ2n) is 4.26. The molecule has 1 aromatic carbocycles. The van der Waals surface area contributed by atoms with Gasteiger partial charge in [0, 0.05) is 18.0 Å². The number of methoxy groups -OCH3 is 1. The maximum atomic E-state index is 14.0. The van der Waals surface area contributed by atoms with Crippen LogP contribution in [0, 0.1) is 5.82 Å². The van der Waals surface area contributed by atoms with Gasteiger partial charge in [-0.3, -0.25) is 0 Å². The quantitative estimate of drug-likeness (QED) is 0.799. The van der Waals surface area contributed by atoms with Crippen molar-refractivity contribution in [2.75, 3.05) is 7.11 Å². The van der Waals surface area contributed by atoms with Gasteiger partial charge in [0.15, 0.2) is 5.65 Å². The van der Waals surface area contributed by atoms with Crippen LogP contribution in [0.25, 0.3) is 16.9 Å². The Morgan fingerprint density at radius 3 is 2.95 bits per heavy atom. The van der Waals surface area contributed by atoms with Gasteiger partial charge in [0.25, 0.3) is 0 Å². The van der Waals surface area contributed by atoms with Crippen molar-refractivity contribution in [1.82, 2.24) is 14.6 Å². The van der Waals surface area contributed by atoms with Gasteiger partial charge in [-0.1, -0.05) is 0 Å². The number of benzene rings is 1. The maximum Gasteiger partial charge on any atom is 0.341 e. The third-order valence-electron chi connectivity index (χ3n) is 3.04. The number of ether oxygens (including phenoxy) is 1. The molecule has 0 saturated carbocycles. The van der Waals surface area contributed by atoms with Crippen molar-refractivity contribution in [1.29, 1.82) is 0 Å². The summed E-state index contributed by atoms with van der Waals surface area (Å²) in [5, 5.41) is 13.5.